The van der Waals surface area contributed by atoms with Crippen molar-refractivity contribution in [2.24, 2.45) is 28.6 Å². The van der Waals surface area contributed by atoms with E-state index in [1.165, 1.54) is 12.1 Å². The molecule has 3 saturated carbocycles. The van der Waals surface area contributed by atoms with Crippen LogP contribution in [0.3, 0.4) is 0 Å². The Morgan fingerprint density at radius 2 is 1.68 bits per heavy atom. The number of ether oxygens (including phenoxy) is 1. The number of carbonyl (C=O) groups excluding carboxylic acids is 4. The van der Waals surface area contributed by atoms with Gasteiger partial charge in [-0.25, -0.2) is 17.9 Å². The summed E-state index contributed by atoms with van der Waals surface area (Å²) in [6.07, 6.45) is 7.83. The number of likely N-dealkylation sites (tertiary alicyclic amines) is 1. The topological polar surface area (TPSA) is 163 Å². The van der Waals surface area contributed by atoms with E-state index in [1.54, 1.807) is 30.1 Å². The molecule has 4 fully saturated rings. The summed E-state index contributed by atoms with van der Waals surface area (Å²) in [7, 11) is -2.72. The summed E-state index contributed by atoms with van der Waals surface area (Å²) in [6, 6.07) is 4.33. The summed E-state index contributed by atoms with van der Waals surface area (Å²) in [5.74, 6) is -2.47. The normalized spacial score (nSPS) is 28.0. The zero-order valence-electron chi connectivity index (χ0n) is 30.3. The molecule has 1 aromatic carbocycles. The molecule has 1 heterocycles. The van der Waals surface area contributed by atoms with Crippen LogP contribution in [-0.2, 0) is 29.1 Å². The third-order valence-electron chi connectivity index (χ3n) is 12.2. The fraction of sp³-hybridized carbons (Fsp3) is 0.676. The molecule has 4 amide bonds. The van der Waals surface area contributed by atoms with E-state index in [0.29, 0.717) is 18.7 Å². The average Bonchev–Trinajstić information content (AvgIpc) is 3.34. The fourth-order valence-corrected chi connectivity index (χ4v) is 9.93. The number of nitrogens with one attached hydrogen (secondary N) is 4. The van der Waals surface area contributed by atoms with E-state index in [9.17, 15) is 27.6 Å². The largest absolute Gasteiger partial charge is 0.446 e. The number of nitrogens with zero attached hydrogens (tertiary/aromatic N) is 1. The lowest BCUT2D eigenvalue weighted by Gasteiger charge is -2.55. The average molecular weight is 714 g/mol. The Balaban J connectivity index is 1.43. The summed E-state index contributed by atoms with van der Waals surface area (Å²) < 4.78 is 34.7. The molecule has 276 valence electrons. The maximum atomic E-state index is 14.6. The van der Waals surface area contributed by atoms with Crippen LogP contribution in [0.25, 0.3) is 0 Å². The molecule has 12 nitrogen and oxygen atoms in total. The lowest BCUT2D eigenvalue weighted by molar-refractivity contribution is -0.142. The van der Waals surface area contributed by atoms with Gasteiger partial charge in [-0.3, -0.25) is 14.4 Å². The zero-order valence-corrected chi connectivity index (χ0v) is 31.2. The molecule has 13 heteroatoms. The first-order chi connectivity index (χ1) is 23.5. The minimum Gasteiger partial charge on any atom is -0.446 e. The smallest absolute Gasteiger partial charge is 0.408 e. The highest BCUT2D eigenvalue weighted by Crippen LogP contribution is 2.62. The van der Waals surface area contributed by atoms with Gasteiger partial charge in [0.05, 0.1) is 5.69 Å². The predicted molar refractivity (Wildman–Crippen MR) is 190 cm³/mol. The van der Waals surface area contributed by atoms with E-state index in [1.807, 2.05) is 13.8 Å². The molecule has 50 heavy (non-hydrogen) atoms. The molecule has 5 rings (SSSR count). The molecule has 4 N–H and O–H groups in total. The van der Waals surface area contributed by atoms with Crippen molar-refractivity contribution < 1.29 is 32.3 Å². The van der Waals surface area contributed by atoms with Gasteiger partial charge in [-0.05, 0) is 86.2 Å². The Hall–Kier alpha value is -3.61. The van der Waals surface area contributed by atoms with Gasteiger partial charge in [0.1, 0.15) is 28.6 Å². The summed E-state index contributed by atoms with van der Waals surface area (Å²) in [5.41, 5.74) is -1.74. The van der Waals surface area contributed by atoms with Crippen LogP contribution in [0.5, 0.6) is 0 Å². The molecule has 0 aromatic heterocycles. The number of hydrogen-bond acceptors (Lipinski definition) is 8. The minimum absolute atomic E-state index is 0.102. The van der Waals surface area contributed by atoms with Crippen LogP contribution in [-0.4, -0.2) is 74.5 Å². The number of carbonyl (C=O) groups is 4. The van der Waals surface area contributed by atoms with E-state index in [2.05, 4.69) is 48.0 Å². The number of alkyl carbamates (subject to hydrolysis) is 1. The number of amides is 4. The molecule has 0 unspecified atom stereocenters. The highest BCUT2D eigenvalue weighted by molar-refractivity contribution is 7.90. The van der Waals surface area contributed by atoms with E-state index >= 15 is 0 Å². The van der Waals surface area contributed by atoms with E-state index in [0.717, 1.165) is 44.9 Å². The molecule has 5 atom stereocenters. The third kappa shape index (κ3) is 6.86. The minimum atomic E-state index is -4.31. The van der Waals surface area contributed by atoms with E-state index < -0.39 is 56.9 Å². The number of benzene rings is 1. The monoisotopic (exact) mass is 713 g/mol. The Labute approximate surface area is 297 Å². The number of rotatable bonds is 13. The maximum Gasteiger partial charge on any atom is 0.408 e. The molecule has 0 bridgehead atoms. The van der Waals surface area contributed by atoms with Crippen molar-refractivity contribution in [3.8, 4) is 0 Å². The second kappa shape index (κ2) is 14.2. The van der Waals surface area contributed by atoms with Crippen molar-refractivity contribution in [1.29, 1.82) is 0 Å². The van der Waals surface area contributed by atoms with Crippen molar-refractivity contribution in [2.75, 3.05) is 18.9 Å². The second-order valence-corrected chi connectivity index (χ2v) is 17.4. The molecule has 3 aliphatic carbocycles. The van der Waals surface area contributed by atoms with Gasteiger partial charge in [0.2, 0.25) is 11.8 Å². The Morgan fingerprint density at radius 3 is 2.22 bits per heavy atom. The first kappa shape index (κ1) is 37.6. The molecular weight excluding hydrogens is 659 g/mol. The van der Waals surface area contributed by atoms with E-state index in [-0.39, 0.29) is 40.6 Å². The summed E-state index contributed by atoms with van der Waals surface area (Å²) in [5, 5.41) is 8.56. The SMILES string of the molecule is C=C[C@@H]1C[C@]1(NC(=O)[C@@H]1C[C@@](C(C)C)(C2(C)CCC2)CN1C(=O)[C@@H](NC(=O)OC1CCCC1)C(C)C)C(=O)NS(=O)(=O)c1ccccc1NC. The number of hydrogen-bond donors (Lipinski definition) is 4. The van der Waals surface area contributed by atoms with Gasteiger partial charge in [-0.15, -0.1) is 6.58 Å². The zero-order chi connectivity index (χ0) is 36.6. The first-order valence-electron chi connectivity index (χ1n) is 18.1. The van der Waals surface area contributed by atoms with Gasteiger partial charge < -0.3 is 25.6 Å². The van der Waals surface area contributed by atoms with Crippen molar-refractivity contribution in [1.82, 2.24) is 20.3 Å². The van der Waals surface area contributed by atoms with Gasteiger partial charge in [0.25, 0.3) is 15.9 Å². The molecule has 0 radical (unpaired) electrons. The lowest BCUT2D eigenvalue weighted by Crippen LogP contribution is -2.59. The first-order valence-corrected chi connectivity index (χ1v) is 19.6. The maximum absolute atomic E-state index is 14.6. The summed E-state index contributed by atoms with van der Waals surface area (Å²) in [6.45, 7) is 14.3. The Morgan fingerprint density at radius 1 is 1.02 bits per heavy atom. The van der Waals surface area contributed by atoms with Crippen LogP contribution in [0, 0.1) is 28.6 Å². The second-order valence-electron chi connectivity index (χ2n) is 15.8. The standard InChI is InChI=1S/C37H55N5O7S/c1-8-25-20-37(25,33(45)41-50(47,48)29-17-12-11-16-27(29)38-7)40-31(43)28-21-36(24(4)5,35(6)18-13-19-35)22-42(28)32(44)30(23(2)3)39-34(46)49-26-14-9-10-15-26/h8,11-12,16-17,23-26,28,30,38H,1,9-10,13-15,18-22H2,2-7H3,(H,39,46)(H,40,43)(H,41,45)/t25-,28+,30+,36-,37-/m1/s1. The van der Waals surface area contributed by atoms with Crippen molar-refractivity contribution in [3.05, 3.63) is 36.9 Å². The van der Waals surface area contributed by atoms with Crippen molar-refractivity contribution in [3.63, 3.8) is 0 Å². The van der Waals surface area contributed by atoms with Crippen LogP contribution >= 0.6 is 0 Å². The number of sulfonamides is 1. The quantitative estimate of drug-likeness (QED) is 0.214. The van der Waals surface area contributed by atoms with Gasteiger partial charge in [-0.1, -0.05) is 59.2 Å². The molecule has 1 aliphatic heterocycles. The fourth-order valence-electron chi connectivity index (χ4n) is 8.68. The van der Waals surface area contributed by atoms with Crippen LogP contribution in [0.2, 0.25) is 0 Å². The van der Waals surface area contributed by atoms with Crippen LogP contribution in [0.15, 0.2) is 41.8 Å². The summed E-state index contributed by atoms with van der Waals surface area (Å²) >= 11 is 0. The molecule has 1 aromatic rings. The van der Waals surface area contributed by atoms with Gasteiger partial charge >= 0.3 is 6.09 Å². The van der Waals surface area contributed by atoms with Gasteiger partial charge in [-0.2, -0.15) is 0 Å². The van der Waals surface area contributed by atoms with E-state index in [4.69, 9.17) is 4.74 Å². The van der Waals surface area contributed by atoms with Crippen LogP contribution in [0.1, 0.15) is 92.4 Å². The lowest BCUT2D eigenvalue weighted by atomic mass is 9.49. The van der Waals surface area contributed by atoms with Gasteiger partial charge in [0.15, 0.2) is 0 Å². The number of anilines is 1. The van der Waals surface area contributed by atoms with Crippen molar-refractivity contribution in [2.45, 2.75) is 121 Å². The van der Waals surface area contributed by atoms with Crippen LogP contribution in [0.4, 0.5) is 10.5 Å². The molecular formula is C37H55N5O7S. The third-order valence-corrected chi connectivity index (χ3v) is 13.6. The highest BCUT2D eigenvalue weighted by atomic mass is 32.2. The molecule has 0 spiro atoms. The van der Waals surface area contributed by atoms with Gasteiger partial charge in [0, 0.05) is 19.5 Å². The predicted octanol–water partition coefficient (Wildman–Crippen LogP) is 4.72. The summed E-state index contributed by atoms with van der Waals surface area (Å²) in [4.78, 5) is 57.4. The Bertz CT molecular complexity index is 1600. The van der Waals surface area contributed by atoms with Crippen LogP contribution < -0.4 is 20.7 Å². The highest BCUT2D eigenvalue weighted by Gasteiger charge is 2.64. The molecule has 1 saturated heterocycles. The Kier molecular flexibility index (Phi) is 10.7. The number of para-hydroxylation sites is 1. The molecule has 4 aliphatic rings. The van der Waals surface area contributed by atoms with Crippen molar-refractivity contribution >= 4 is 39.5 Å².